The molecule has 1 aliphatic carbocycles. The van der Waals surface area contributed by atoms with Crippen molar-refractivity contribution in [2.45, 2.75) is 38.0 Å². The third kappa shape index (κ3) is 3.11. The van der Waals surface area contributed by atoms with Crippen LogP contribution in [0.3, 0.4) is 0 Å². The molecule has 0 amide bonds. The Morgan fingerprint density at radius 2 is 1.74 bits per heavy atom. The average Bonchev–Trinajstić information content (AvgIpc) is 2.44. The highest BCUT2D eigenvalue weighted by atomic mass is 15.1. The van der Waals surface area contributed by atoms with E-state index in [2.05, 4.69) is 41.5 Å². The van der Waals surface area contributed by atoms with E-state index in [1.54, 1.807) is 5.56 Å². The molecule has 2 nitrogen and oxygen atoms in total. The number of rotatable bonds is 4. The van der Waals surface area contributed by atoms with Crippen LogP contribution in [0.15, 0.2) is 24.3 Å². The van der Waals surface area contributed by atoms with Gasteiger partial charge in [-0.15, -0.1) is 0 Å². The van der Waals surface area contributed by atoms with E-state index < -0.39 is 0 Å². The molecule has 2 aliphatic rings. The summed E-state index contributed by atoms with van der Waals surface area (Å²) in [4.78, 5) is 2.40. The Labute approximate surface area is 117 Å². The van der Waals surface area contributed by atoms with Crippen molar-refractivity contribution in [2.24, 2.45) is 5.92 Å². The first-order chi connectivity index (χ1) is 9.33. The molecule has 0 unspecified atom stereocenters. The second-order valence-corrected chi connectivity index (χ2v) is 6.33. The van der Waals surface area contributed by atoms with E-state index in [-0.39, 0.29) is 0 Å². The molecule has 3 rings (SSSR count). The number of benzene rings is 1. The second-order valence-electron chi connectivity index (χ2n) is 6.33. The van der Waals surface area contributed by atoms with Gasteiger partial charge in [0.1, 0.15) is 0 Å². The van der Waals surface area contributed by atoms with Gasteiger partial charge in [0.25, 0.3) is 0 Å². The van der Waals surface area contributed by atoms with Crippen LogP contribution in [0.4, 0.5) is 5.69 Å². The van der Waals surface area contributed by atoms with Crippen LogP contribution in [0.25, 0.3) is 0 Å². The topological polar surface area (TPSA) is 15.3 Å². The molecular formula is C17H26N2. The number of hydrogen-bond acceptors (Lipinski definition) is 2. The Bertz CT molecular complexity index is 388. The van der Waals surface area contributed by atoms with Crippen LogP contribution in [0.2, 0.25) is 0 Å². The summed E-state index contributed by atoms with van der Waals surface area (Å²) in [5.41, 5.74) is 2.92. The predicted molar refractivity (Wildman–Crippen MR) is 81.9 cm³/mol. The van der Waals surface area contributed by atoms with E-state index in [4.69, 9.17) is 0 Å². The average molecular weight is 258 g/mol. The maximum Gasteiger partial charge on any atom is 0.0363 e. The first-order valence-corrected chi connectivity index (χ1v) is 7.85. The van der Waals surface area contributed by atoms with Gasteiger partial charge in [-0.1, -0.05) is 31.4 Å². The number of nitrogens with zero attached hydrogens (tertiary/aromatic N) is 1. The Kier molecular flexibility index (Phi) is 4.07. The zero-order valence-corrected chi connectivity index (χ0v) is 12.1. The zero-order chi connectivity index (χ0) is 13.1. The van der Waals surface area contributed by atoms with Crippen LogP contribution in [0.1, 0.15) is 43.6 Å². The fourth-order valence-electron chi connectivity index (χ4n) is 3.41. The Morgan fingerprint density at radius 1 is 1.05 bits per heavy atom. The second kappa shape index (κ2) is 5.96. The molecule has 0 atom stereocenters. The van der Waals surface area contributed by atoms with E-state index in [9.17, 15) is 0 Å². The fraction of sp³-hybridized carbons (Fsp3) is 0.647. The third-order valence-electron chi connectivity index (χ3n) is 4.81. The first kappa shape index (κ1) is 13.0. The van der Waals surface area contributed by atoms with Crippen LogP contribution in [0.5, 0.6) is 0 Å². The zero-order valence-electron chi connectivity index (χ0n) is 12.1. The Balaban J connectivity index is 1.60. The standard InChI is InChI=1S/C17H26N2/c1-19(13-14-11-18-12-14)17-9-7-16(8-10-17)15-5-3-2-4-6-15/h7-10,14-15,18H,2-6,11-13H2,1H3. The minimum atomic E-state index is 0.823. The predicted octanol–water partition coefficient (Wildman–Crippen LogP) is 3.39. The molecule has 1 saturated carbocycles. The lowest BCUT2D eigenvalue weighted by Crippen LogP contribution is -2.47. The Hall–Kier alpha value is -1.02. The van der Waals surface area contributed by atoms with Crippen LogP contribution < -0.4 is 10.2 Å². The number of anilines is 1. The molecule has 1 aromatic carbocycles. The molecule has 0 aromatic heterocycles. The summed E-state index contributed by atoms with van der Waals surface area (Å²) in [5, 5.41) is 3.34. The van der Waals surface area contributed by atoms with Crippen LogP contribution in [0, 0.1) is 5.92 Å². The molecule has 19 heavy (non-hydrogen) atoms. The quantitative estimate of drug-likeness (QED) is 0.890. The molecule has 0 bridgehead atoms. The minimum Gasteiger partial charge on any atom is -0.374 e. The molecule has 2 fully saturated rings. The summed E-state index contributed by atoms with van der Waals surface area (Å²) in [6, 6.07) is 9.35. The van der Waals surface area contributed by atoms with Crippen molar-refractivity contribution in [1.82, 2.24) is 5.32 Å². The smallest absolute Gasteiger partial charge is 0.0363 e. The summed E-state index contributed by atoms with van der Waals surface area (Å²) < 4.78 is 0. The van der Waals surface area contributed by atoms with Gasteiger partial charge in [0.2, 0.25) is 0 Å². The van der Waals surface area contributed by atoms with E-state index >= 15 is 0 Å². The molecule has 1 saturated heterocycles. The monoisotopic (exact) mass is 258 g/mol. The van der Waals surface area contributed by atoms with Crippen LogP contribution >= 0.6 is 0 Å². The highest BCUT2D eigenvalue weighted by Crippen LogP contribution is 2.33. The molecule has 1 aliphatic heterocycles. The molecule has 2 heteroatoms. The molecule has 0 radical (unpaired) electrons. The van der Waals surface area contributed by atoms with Crippen molar-refractivity contribution in [2.75, 3.05) is 31.6 Å². The van der Waals surface area contributed by atoms with Gasteiger partial charge in [-0.3, -0.25) is 0 Å². The highest BCUT2D eigenvalue weighted by molar-refractivity contribution is 5.47. The van der Waals surface area contributed by atoms with Crippen molar-refractivity contribution < 1.29 is 0 Å². The van der Waals surface area contributed by atoms with Crippen molar-refractivity contribution >= 4 is 5.69 Å². The summed E-state index contributed by atoms with van der Waals surface area (Å²) in [6.45, 7) is 3.55. The normalized spacial score (nSPS) is 21.1. The molecule has 104 valence electrons. The van der Waals surface area contributed by atoms with Crippen molar-refractivity contribution in [3.05, 3.63) is 29.8 Å². The number of nitrogens with one attached hydrogen (secondary N) is 1. The van der Waals surface area contributed by atoms with Crippen LogP contribution in [-0.4, -0.2) is 26.7 Å². The van der Waals surface area contributed by atoms with E-state index in [0.29, 0.717) is 0 Å². The highest BCUT2D eigenvalue weighted by Gasteiger charge is 2.19. The molecular weight excluding hydrogens is 232 g/mol. The molecule has 1 aromatic rings. The van der Waals surface area contributed by atoms with E-state index in [1.807, 2.05) is 0 Å². The summed E-state index contributed by atoms with van der Waals surface area (Å²) in [5.74, 6) is 1.66. The van der Waals surface area contributed by atoms with Gasteiger partial charge in [0.15, 0.2) is 0 Å². The Morgan fingerprint density at radius 3 is 2.32 bits per heavy atom. The summed E-state index contributed by atoms with van der Waals surface area (Å²) >= 11 is 0. The van der Waals surface area contributed by atoms with E-state index in [1.165, 1.54) is 57.4 Å². The maximum absolute atomic E-state index is 3.34. The van der Waals surface area contributed by atoms with Gasteiger partial charge in [-0.05, 0) is 36.5 Å². The maximum atomic E-state index is 3.34. The van der Waals surface area contributed by atoms with Gasteiger partial charge in [-0.25, -0.2) is 0 Å². The number of hydrogen-bond donors (Lipinski definition) is 1. The molecule has 0 spiro atoms. The third-order valence-corrected chi connectivity index (χ3v) is 4.81. The lowest BCUT2D eigenvalue weighted by atomic mass is 9.84. The van der Waals surface area contributed by atoms with Crippen molar-refractivity contribution in [3.63, 3.8) is 0 Å². The molecule has 1 heterocycles. The van der Waals surface area contributed by atoms with Gasteiger partial charge < -0.3 is 10.2 Å². The van der Waals surface area contributed by atoms with Gasteiger partial charge >= 0.3 is 0 Å². The lowest BCUT2D eigenvalue weighted by Gasteiger charge is -2.32. The lowest BCUT2D eigenvalue weighted by molar-refractivity contribution is 0.353. The van der Waals surface area contributed by atoms with Crippen molar-refractivity contribution in [1.29, 1.82) is 0 Å². The van der Waals surface area contributed by atoms with Gasteiger partial charge in [-0.2, -0.15) is 0 Å². The van der Waals surface area contributed by atoms with Crippen molar-refractivity contribution in [3.8, 4) is 0 Å². The summed E-state index contributed by atoms with van der Waals surface area (Å²) in [7, 11) is 2.22. The van der Waals surface area contributed by atoms with Gasteiger partial charge in [0.05, 0.1) is 0 Å². The largest absolute Gasteiger partial charge is 0.374 e. The van der Waals surface area contributed by atoms with Gasteiger partial charge in [0, 0.05) is 38.3 Å². The van der Waals surface area contributed by atoms with E-state index in [0.717, 1.165) is 11.8 Å². The fourth-order valence-corrected chi connectivity index (χ4v) is 3.41. The summed E-state index contributed by atoms with van der Waals surface area (Å²) in [6.07, 6.45) is 7.06. The minimum absolute atomic E-state index is 0.823. The van der Waals surface area contributed by atoms with Crippen LogP contribution in [-0.2, 0) is 0 Å². The first-order valence-electron chi connectivity index (χ1n) is 7.85. The molecule has 1 N–H and O–H groups in total. The SMILES string of the molecule is CN(CC1CNC1)c1ccc(C2CCCCC2)cc1.